The molecule has 1 atom stereocenters. The molecule has 0 aliphatic rings. The Hall–Kier alpha value is -1.72. The number of benzene rings is 1. The van der Waals surface area contributed by atoms with Crippen molar-refractivity contribution < 1.29 is 18.0 Å². The molecule has 0 aliphatic heterocycles. The number of anilines is 2. The Bertz CT molecular complexity index is 410. The number of hydrogen-bond donors (Lipinski definition) is 2. The largest absolute Gasteiger partial charge is 0.374 e. The molecule has 1 unspecified atom stereocenters. The molecule has 0 bridgehead atoms. The first-order valence-electron chi connectivity index (χ1n) is 5.02. The van der Waals surface area contributed by atoms with E-state index in [1.807, 2.05) is 0 Å². The molecule has 0 aliphatic carbocycles. The number of carbonyl (C=O) groups is 1. The molecule has 6 heteroatoms. The fourth-order valence-electron chi connectivity index (χ4n) is 1.23. The summed E-state index contributed by atoms with van der Waals surface area (Å²) in [5.74, 6) is -0.962. The zero-order valence-electron chi connectivity index (χ0n) is 9.43. The van der Waals surface area contributed by atoms with Crippen molar-refractivity contribution in [3.8, 4) is 0 Å². The maximum Gasteiger partial charge on any atom is 0.258 e. The summed E-state index contributed by atoms with van der Waals surface area (Å²) in [5.41, 5.74) is 0.284. The van der Waals surface area contributed by atoms with Gasteiger partial charge in [-0.1, -0.05) is 0 Å². The number of hydrogen-bond acceptors (Lipinski definition) is 2. The molecule has 0 heterocycles. The summed E-state index contributed by atoms with van der Waals surface area (Å²) in [6.07, 6.45) is -2.60. The molecule has 17 heavy (non-hydrogen) atoms. The van der Waals surface area contributed by atoms with Crippen molar-refractivity contribution in [3.63, 3.8) is 0 Å². The first-order chi connectivity index (χ1) is 7.90. The summed E-state index contributed by atoms with van der Waals surface area (Å²) in [6, 6.07) is 2.56. The van der Waals surface area contributed by atoms with Gasteiger partial charge in [-0.05, 0) is 25.1 Å². The van der Waals surface area contributed by atoms with E-state index in [2.05, 4.69) is 10.6 Å². The molecule has 0 aromatic heterocycles. The van der Waals surface area contributed by atoms with Crippen molar-refractivity contribution in [1.29, 1.82) is 0 Å². The van der Waals surface area contributed by atoms with E-state index in [-0.39, 0.29) is 11.6 Å². The summed E-state index contributed by atoms with van der Waals surface area (Å²) in [7, 11) is 0. The molecule has 0 saturated heterocycles. The summed E-state index contributed by atoms with van der Waals surface area (Å²) >= 11 is 0. The molecule has 0 saturated carbocycles. The third-order valence-corrected chi connectivity index (χ3v) is 2.05. The van der Waals surface area contributed by atoms with Crippen molar-refractivity contribution in [2.45, 2.75) is 26.3 Å². The highest BCUT2D eigenvalue weighted by Gasteiger charge is 2.16. The lowest BCUT2D eigenvalue weighted by atomic mass is 10.2. The predicted octanol–water partition coefficient (Wildman–Crippen LogP) is 2.85. The summed E-state index contributed by atoms with van der Waals surface area (Å²) in [4.78, 5) is 10.8. The highest BCUT2D eigenvalue weighted by atomic mass is 19.3. The van der Waals surface area contributed by atoms with Crippen LogP contribution in [0.3, 0.4) is 0 Å². The van der Waals surface area contributed by atoms with Crippen LogP contribution in [-0.4, -0.2) is 18.4 Å². The Balaban J connectivity index is 2.86. The number of alkyl halides is 2. The Kier molecular flexibility index (Phi) is 4.37. The Morgan fingerprint density at radius 1 is 1.35 bits per heavy atom. The summed E-state index contributed by atoms with van der Waals surface area (Å²) in [5, 5.41) is 4.79. The molecule has 3 nitrogen and oxygen atoms in total. The molecular formula is C11H13F3N2O. The van der Waals surface area contributed by atoms with E-state index in [1.165, 1.54) is 26.0 Å². The van der Waals surface area contributed by atoms with E-state index < -0.39 is 18.3 Å². The summed E-state index contributed by atoms with van der Waals surface area (Å²) < 4.78 is 37.9. The second-order valence-corrected chi connectivity index (χ2v) is 3.64. The minimum absolute atomic E-state index is 0.0657. The third-order valence-electron chi connectivity index (χ3n) is 2.05. The highest BCUT2D eigenvalue weighted by molar-refractivity contribution is 5.89. The molecule has 1 amide bonds. The van der Waals surface area contributed by atoms with E-state index in [4.69, 9.17) is 0 Å². The lowest BCUT2D eigenvalue weighted by Crippen LogP contribution is -2.24. The maximum atomic E-state index is 13.3. The monoisotopic (exact) mass is 246 g/mol. The fourth-order valence-corrected chi connectivity index (χ4v) is 1.23. The van der Waals surface area contributed by atoms with Gasteiger partial charge < -0.3 is 10.6 Å². The lowest BCUT2D eigenvalue weighted by Gasteiger charge is -2.15. The fraction of sp³-hybridized carbons (Fsp3) is 0.364. The molecule has 94 valence electrons. The van der Waals surface area contributed by atoms with E-state index in [0.717, 1.165) is 6.07 Å². The van der Waals surface area contributed by atoms with Gasteiger partial charge in [0.25, 0.3) is 6.43 Å². The SMILES string of the molecule is CC(=O)Nc1ccc(F)c(NC(C)C(F)F)c1. The van der Waals surface area contributed by atoms with Crippen LogP contribution in [-0.2, 0) is 4.79 Å². The molecule has 2 N–H and O–H groups in total. The molecule has 0 radical (unpaired) electrons. The molecule has 0 fully saturated rings. The Morgan fingerprint density at radius 2 is 2.00 bits per heavy atom. The molecule has 1 aromatic rings. The van der Waals surface area contributed by atoms with Crippen molar-refractivity contribution in [3.05, 3.63) is 24.0 Å². The van der Waals surface area contributed by atoms with Crippen LogP contribution < -0.4 is 10.6 Å². The standard InChI is InChI=1S/C11H13F3N2O/c1-6(11(13)14)15-10-5-8(16-7(2)17)3-4-9(10)12/h3-6,11,15H,1-2H3,(H,16,17). The molecule has 0 spiro atoms. The topological polar surface area (TPSA) is 41.1 Å². The summed E-state index contributed by atoms with van der Waals surface area (Å²) in [6.45, 7) is 2.55. The smallest absolute Gasteiger partial charge is 0.258 e. The van der Waals surface area contributed by atoms with Crippen LogP contribution in [0.2, 0.25) is 0 Å². The second kappa shape index (κ2) is 5.56. The van der Waals surface area contributed by atoms with Crippen LogP contribution in [0.5, 0.6) is 0 Å². The van der Waals surface area contributed by atoms with Gasteiger partial charge in [-0.25, -0.2) is 13.2 Å². The highest BCUT2D eigenvalue weighted by Crippen LogP contribution is 2.21. The Labute approximate surface area is 97.0 Å². The zero-order chi connectivity index (χ0) is 13.0. The lowest BCUT2D eigenvalue weighted by molar-refractivity contribution is -0.114. The van der Waals surface area contributed by atoms with Crippen LogP contribution in [0, 0.1) is 5.82 Å². The van der Waals surface area contributed by atoms with Gasteiger partial charge >= 0.3 is 0 Å². The number of amides is 1. The van der Waals surface area contributed by atoms with Gasteiger partial charge in [0.05, 0.1) is 11.7 Å². The van der Waals surface area contributed by atoms with E-state index >= 15 is 0 Å². The number of carbonyl (C=O) groups excluding carboxylic acids is 1. The maximum absolute atomic E-state index is 13.3. The van der Waals surface area contributed by atoms with Gasteiger partial charge in [0.15, 0.2) is 0 Å². The average molecular weight is 246 g/mol. The van der Waals surface area contributed by atoms with Crippen molar-refractivity contribution in [2.24, 2.45) is 0 Å². The van der Waals surface area contributed by atoms with Crippen molar-refractivity contribution >= 4 is 17.3 Å². The van der Waals surface area contributed by atoms with E-state index in [1.54, 1.807) is 0 Å². The van der Waals surface area contributed by atoms with Crippen LogP contribution >= 0.6 is 0 Å². The van der Waals surface area contributed by atoms with Crippen LogP contribution in [0.15, 0.2) is 18.2 Å². The van der Waals surface area contributed by atoms with Crippen LogP contribution in [0.4, 0.5) is 24.5 Å². The quantitative estimate of drug-likeness (QED) is 0.857. The average Bonchev–Trinajstić information content (AvgIpc) is 2.22. The first-order valence-corrected chi connectivity index (χ1v) is 5.02. The predicted molar refractivity (Wildman–Crippen MR) is 59.8 cm³/mol. The van der Waals surface area contributed by atoms with Gasteiger partial charge in [0, 0.05) is 12.6 Å². The number of halogens is 3. The van der Waals surface area contributed by atoms with Gasteiger partial charge in [0.2, 0.25) is 5.91 Å². The van der Waals surface area contributed by atoms with Gasteiger partial charge in [-0.3, -0.25) is 4.79 Å². The Morgan fingerprint density at radius 3 is 2.53 bits per heavy atom. The number of rotatable bonds is 4. The first kappa shape index (κ1) is 13.3. The molecule has 1 rings (SSSR count). The minimum Gasteiger partial charge on any atom is -0.374 e. The van der Waals surface area contributed by atoms with Crippen molar-refractivity contribution in [1.82, 2.24) is 0 Å². The van der Waals surface area contributed by atoms with Crippen LogP contribution in [0.1, 0.15) is 13.8 Å². The van der Waals surface area contributed by atoms with Gasteiger partial charge in [-0.2, -0.15) is 0 Å². The normalized spacial score (nSPS) is 12.4. The third kappa shape index (κ3) is 3.97. The van der Waals surface area contributed by atoms with Crippen molar-refractivity contribution in [2.75, 3.05) is 10.6 Å². The zero-order valence-corrected chi connectivity index (χ0v) is 9.43. The van der Waals surface area contributed by atoms with Gasteiger partial charge in [0.1, 0.15) is 5.82 Å². The van der Waals surface area contributed by atoms with E-state index in [0.29, 0.717) is 5.69 Å². The molecular weight excluding hydrogens is 233 g/mol. The van der Waals surface area contributed by atoms with Gasteiger partial charge in [-0.15, -0.1) is 0 Å². The van der Waals surface area contributed by atoms with E-state index in [9.17, 15) is 18.0 Å². The van der Waals surface area contributed by atoms with Crippen LogP contribution in [0.25, 0.3) is 0 Å². The molecule has 1 aromatic carbocycles. The minimum atomic E-state index is -2.60. The number of nitrogens with one attached hydrogen (secondary N) is 2. The second-order valence-electron chi connectivity index (χ2n) is 3.64.